The van der Waals surface area contributed by atoms with Crippen LogP contribution >= 0.6 is 0 Å². The number of carboxylic acid groups (broad SMARTS) is 1. The maximum Gasteiger partial charge on any atom is 0.407 e. The van der Waals surface area contributed by atoms with Gasteiger partial charge in [-0.3, -0.25) is 0 Å². The minimum Gasteiger partial charge on any atom is -0.465 e. The van der Waals surface area contributed by atoms with E-state index in [0.29, 0.717) is 13.2 Å². The molecule has 0 aromatic rings. The van der Waals surface area contributed by atoms with E-state index >= 15 is 0 Å². The molecule has 0 spiro atoms. The molecule has 10 heavy (non-hydrogen) atoms. The Hall–Kier alpha value is -0.770. The summed E-state index contributed by atoms with van der Waals surface area (Å²) in [7, 11) is 0. The summed E-state index contributed by atoms with van der Waals surface area (Å²) in [5.41, 5.74) is 0. The van der Waals surface area contributed by atoms with Gasteiger partial charge in [0.05, 0.1) is 25.3 Å². The number of rotatable bonds is 0. The highest BCUT2D eigenvalue weighted by Crippen LogP contribution is 2.27. The molecule has 1 N–H and O–H groups in total. The number of likely N-dealkylation sites (tertiary alicyclic amines) is 1. The van der Waals surface area contributed by atoms with Crippen LogP contribution in [-0.2, 0) is 4.74 Å². The molecule has 2 aliphatic heterocycles. The van der Waals surface area contributed by atoms with Gasteiger partial charge in [0.25, 0.3) is 0 Å². The van der Waals surface area contributed by atoms with Crippen LogP contribution in [0, 0.1) is 0 Å². The molecule has 0 aromatic heterocycles. The van der Waals surface area contributed by atoms with Crippen molar-refractivity contribution in [2.24, 2.45) is 0 Å². The molecule has 4 heteroatoms. The van der Waals surface area contributed by atoms with Gasteiger partial charge in [0.15, 0.2) is 0 Å². The topological polar surface area (TPSA) is 49.8 Å². The van der Waals surface area contributed by atoms with Crippen molar-refractivity contribution in [1.82, 2.24) is 4.90 Å². The standard InChI is InChI=1S/C6H9NO3/c8-6(9)7-2-5-1-4(7)3-10-5/h4-5H,1-3H2,(H,8,9). The Morgan fingerprint density at radius 1 is 1.70 bits per heavy atom. The minimum atomic E-state index is -0.809. The van der Waals surface area contributed by atoms with Crippen LogP contribution in [0.5, 0.6) is 0 Å². The summed E-state index contributed by atoms with van der Waals surface area (Å²) < 4.78 is 5.23. The minimum absolute atomic E-state index is 0.141. The number of fused-ring (bicyclic) bond motifs is 2. The van der Waals surface area contributed by atoms with E-state index in [2.05, 4.69) is 0 Å². The summed E-state index contributed by atoms with van der Waals surface area (Å²) in [4.78, 5) is 11.9. The van der Waals surface area contributed by atoms with Crippen molar-refractivity contribution in [2.45, 2.75) is 18.6 Å². The molecule has 2 fully saturated rings. The Bertz CT molecular complexity index is 170. The van der Waals surface area contributed by atoms with E-state index in [1.807, 2.05) is 0 Å². The largest absolute Gasteiger partial charge is 0.465 e. The lowest BCUT2D eigenvalue weighted by atomic mass is 10.2. The predicted molar refractivity (Wildman–Crippen MR) is 32.9 cm³/mol. The van der Waals surface area contributed by atoms with Gasteiger partial charge in [-0.05, 0) is 6.42 Å². The molecule has 0 saturated carbocycles. The molecule has 2 aliphatic rings. The van der Waals surface area contributed by atoms with Crippen molar-refractivity contribution in [2.75, 3.05) is 13.2 Å². The third-order valence-corrected chi connectivity index (χ3v) is 2.15. The van der Waals surface area contributed by atoms with Crippen molar-refractivity contribution in [1.29, 1.82) is 0 Å². The number of hydrogen-bond acceptors (Lipinski definition) is 2. The number of carbonyl (C=O) groups is 1. The lowest BCUT2D eigenvalue weighted by Gasteiger charge is -2.23. The third-order valence-electron chi connectivity index (χ3n) is 2.15. The molecule has 2 saturated heterocycles. The van der Waals surface area contributed by atoms with Crippen LogP contribution < -0.4 is 0 Å². The molecule has 2 bridgehead atoms. The molecule has 2 heterocycles. The first-order valence-electron chi connectivity index (χ1n) is 3.38. The number of ether oxygens (including phenoxy) is 1. The van der Waals surface area contributed by atoms with Crippen molar-refractivity contribution < 1.29 is 14.6 Å². The van der Waals surface area contributed by atoms with Crippen molar-refractivity contribution >= 4 is 6.09 Å². The summed E-state index contributed by atoms with van der Waals surface area (Å²) >= 11 is 0. The lowest BCUT2D eigenvalue weighted by molar-refractivity contribution is 0.0327. The summed E-state index contributed by atoms with van der Waals surface area (Å²) in [6.07, 6.45) is 0.267. The number of morpholine rings is 1. The van der Waals surface area contributed by atoms with Crippen LogP contribution in [0.1, 0.15) is 6.42 Å². The van der Waals surface area contributed by atoms with Crippen LogP contribution in [-0.4, -0.2) is 41.4 Å². The second kappa shape index (κ2) is 1.85. The van der Waals surface area contributed by atoms with Crippen molar-refractivity contribution in [3.63, 3.8) is 0 Å². The SMILES string of the molecule is O=C(O)N1CC2CC1CO2. The van der Waals surface area contributed by atoms with Gasteiger partial charge in [0, 0.05) is 0 Å². The zero-order chi connectivity index (χ0) is 7.14. The van der Waals surface area contributed by atoms with Crippen LogP contribution in [0.4, 0.5) is 4.79 Å². The number of hydrogen-bond donors (Lipinski definition) is 1. The lowest BCUT2D eigenvalue weighted by Crippen LogP contribution is -2.40. The monoisotopic (exact) mass is 143 g/mol. The second-order valence-corrected chi connectivity index (χ2v) is 2.78. The molecule has 0 radical (unpaired) electrons. The predicted octanol–water partition coefficient (Wildman–Crippen LogP) is 0.138. The quantitative estimate of drug-likeness (QED) is 0.524. The average Bonchev–Trinajstić information content (AvgIpc) is 2.44. The van der Waals surface area contributed by atoms with Gasteiger partial charge in [0.2, 0.25) is 0 Å². The van der Waals surface area contributed by atoms with Gasteiger partial charge in [-0.2, -0.15) is 0 Å². The molecule has 1 amide bonds. The number of amides is 1. The van der Waals surface area contributed by atoms with E-state index in [0.717, 1.165) is 6.42 Å². The van der Waals surface area contributed by atoms with Crippen molar-refractivity contribution in [3.05, 3.63) is 0 Å². The zero-order valence-corrected chi connectivity index (χ0v) is 5.49. The Labute approximate surface area is 58.4 Å². The molecule has 0 aromatic carbocycles. The molecule has 56 valence electrons. The maximum atomic E-state index is 10.5. The molecule has 2 rings (SSSR count). The second-order valence-electron chi connectivity index (χ2n) is 2.78. The van der Waals surface area contributed by atoms with E-state index in [-0.39, 0.29) is 12.1 Å². The van der Waals surface area contributed by atoms with Crippen LogP contribution in [0.3, 0.4) is 0 Å². The zero-order valence-electron chi connectivity index (χ0n) is 5.49. The van der Waals surface area contributed by atoms with Crippen LogP contribution in [0.2, 0.25) is 0 Å². The van der Waals surface area contributed by atoms with Crippen LogP contribution in [0.25, 0.3) is 0 Å². The average molecular weight is 143 g/mol. The maximum absolute atomic E-state index is 10.5. The smallest absolute Gasteiger partial charge is 0.407 e. The first-order valence-corrected chi connectivity index (χ1v) is 3.38. The Balaban J connectivity index is 2.08. The Morgan fingerprint density at radius 2 is 2.50 bits per heavy atom. The number of nitrogens with zero attached hydrogens (tertiary/aromatic N) is 1. The highest BCUT2D eigenvalue weighted by molar-refractivity contribution is 5.66. The fourth-order valence-corrected chi connectivity index (χ4v) is 1.63. The molecule has 0 aliphatic carbocycles. The third kappa shape index (κ3) is 0.686. The van der Waals surface area contributed by atoms with Gasteiger partial charge in [0.1, 0.15) is 0 Å². The van der Waals surface area contributed by atoms with E-state index in [1.54, 1.807) is 0 Å². The normalized spacial score (nSPS) is 37.0. The van der Waals surface area contributed by atoms with Gasteiger partial charge in [-0.1, -0.05) is 0 Å². The molecule has 4 nitrogen and oxygen atoms in total. The first-order chi connectivity index (χ1) is 4.77. The van der Waals surface area contributed by atoms with Gasteiger partial charge in [-0.25, -0.2) is 4.79 Å². The van der Waals surface area contributed by atoms with E-state index in [9.17, 15) is 4.79 Å². The molecule has 2 unspecified atom stereocenters. The first kappa shape index (κ1) is 5.97. The summed E-state index contributed by atoms with van der Waals surface area (Å²) in [6.45, 7) is 1.16. The summed E-state index contributed by atoms with van der Waals surface area (Å²) in [6, 6.07) is 0.141. The Morgan fingerprint density at radius 3 is 2.80 bits per heavy atom. The highest BCUT2D eigenvalue weighted by atomic mass is 16.5. The van der Waals surface area contributed by atoms with E-state index < -0.39 is 6.09 Å². The van der Waals surface area contributed by atoms with Gasteiger partial charge in [-0.15, -0.1) is 0 Å². The van der Waals surface area contributed by atoms with Crippen molar-refractivity contribution in [3.8, 4) is 0 Å². The summed E-state index contributed by atoms with van der Waals surface area (Å²) in [5, 5.41) is 8.61. The van der Waals surface area contributed by atoms with Crippen LogP contribution in [0.15, 0.2) is 0 Å². The van der Waals surface area contributed by atoms with Gasteiger partial charge < -0.3 is 14.7 Å². The fourth-order valence-electron chi connectivity index (χ4n) is 1.63. The Kier molecular flexibility index (Phi) is 1.11. The highest BCUT2D eigenvalue weighted by Gasteiger charge is 2.41. The molecule has 2 atom stereocenters. The fraction of sp³-hybridized carbons (Fsp3) is 0.833. The van der Waals surface area contributed by atoms with Gasteiger partial charge >= 0.3 is 6.09 Å². The molecular formula is C6H9NO3. The molecular weight excluding hydrogens is 134 g/mol. The summed E-state index contributed by atoms with van der Waals surface area (Å²) in [5.74, 6) is 0. The van der Waals surface area contributed by atoms with E-state index in [4.69, 9.17) is 9.84 Å². The van der Waals surface area contributed by atoms with E-state index in [1.165, 1.54) is 4.90 Å².